The zero-order valence-corrected chi connectivity index (χ0v) is 30.0. The molecule has 0 bridgehead atoms. The molecule has 3 aliphatic rings. The van der Waals surface area contributed by atoms with E-state index in [4.69, 9.17) is 9.47 Å². The average Bonchev–Trinajstić information content (AvgIpc) is 3.64. The molecule has 0 saturated carbocycles. The number of anilines is 1. The fourth-order valence-corrected chi connectivity index (χ4v) is 6.82. The summed E-state index contributed by atoms with van der Waals surface area (Å²) >= 11 is 0. The van der Waals surface area contributed by atoms with Crippen LogP contribution in [0, 0.1) is 29.5 Å². The van der Waals surface area contributed by atoms with Gasteiger partial charge in [0.05, 0.1) is 18.6 Å². The van der Waals surface area contributed by atoms with Crippen LogP contribution in [0.1, 0.15) is 52.0 Å². The fraction of sp³-hybridized carbons (Fsp3) is 0.632. The van der Waals surface area contributed by atoms with Crippen LogP contribution in [0.5, 0.6) is 0 Å². The molecule has 3 aliphatic heterocycles. The first kappa shape index (κ1) is 39.2. The molecule has 276 valence electrons. The van der Waals surface area contributed by atoms with Gasteiger partial charge in [-0.25, -0.2) is 9.18 Å². The molecule has 12 heteroatoms. The molecule has 0 aliphatic carbocycles. The third kappa shape index (κ3) is 11.2. The van der Waals surface area contributed by atoms with E-state index in [1.165, 1.54) is 12.1 Å². The lowest BCUT2D eigenvalue weighted by Crippen LogP contribution is -2.50. The molecule has 6 atom stereocenters. The Bertz CT molecular complexity index is 1350. The van der Waals surface area contributed by atoms with Crippen LogP contribution in [0.3, 0.4) is 0 Å². The van der Waals surface area contributed by atoms with Crippen molar-refractivity contribution >= 4 is 36.3 Å². The standard InChI is InChI=1S/C38H55FN4O7/c1-27(6-8-36(28(2)5-7-34(46)9-19-44)50-38(48)43-13-11-40(4)12-14-43)35(25-45)29(3)21-30-22-32(39)24-33(23-30)41-15-17-42(18-16-41)37(47)31-10-20-49-26-31/h6,8,19,21-25,27-28,31,34-36,46H,5,7,9-18,20,26H2,1-4H3/b8-6+,29-21+/t27-,28-,31-,34+,35-,36-/m0/s1. The van der Waals surface area contributed by atoms with E-state index in [1.807, 2.05) is 57.0 Å². The molecule has 50 heavy (non-hydrogen) atoms. The Morgan fingerprint density at radius 1 is 1.00 bits per heavy atom. The van der Waals surface area contributed by atoms with Crippen molar-refractivity contribution in [2.45, 2.75) is 58.7 Å². The zero-order chi connectivity index (χ0) is 36.2. The molecule has 0 spiro atoms. The number of halogens is 1. The molecular formula is C38H55FN4O7. The van der Waals surface area contributed by atoms with E-state index in [0.29, 0.717) is 77.2 Å². The van der Waals surface area contributed by atoms with Crippen LogP contribution in [-0.2, 0) is 23.9 Å². The predicted octanol–water partition coefficient (Wildman–Crippen LogP) is 4.04. The van der Waals surface area contributed by atoms with Crippen LogP contribution in [0.25, 0.3) is 6.08 Å². The van der Waals surface area contributed by atoms with Gasteiger partial charge in [0.1, 0.15) is 24.5 Å². The maximum atomic E-state index is 14.9. The molecule has 0 aromatic heterocycles. The van der Waals surface area contributed by atoms with Crippen LogP contribution in [0.4, 0.5) is 14.9 Å². The van der Waals surface area contributed by atoms with Gasteiger partial charge in [-0.15, -0.1) is 0 Å². The van der Waals surface area contributed by atoms with E-state index in [0.717, 1.165) is 37.1 Å². The first-order valence-electron chi connectivity index (χ1n) is 18.0. The van der Waals surface area contributed by atoms with Crippen LogP contribution >= 0.6 is 0 Å². The molecule has 11 nitrogen and oxygen atoms in total. The lowest BCUT2D eigenvalue weighted by Gasteiger charge is -2.37. The zero-order valence-electron chi connectivity index (χ0n) is 30.0. The number of aliphatic hydroxyl groups excluding tert-OH is 1. The summed E-state index contributed by atoms with van der Waals surface area (Å²) < 4.78 is 26.3. The number of hydrogen-bond acceptors (Lipinski definition) is 9. The largest absolute Gasteiger partial charge is 0.442 e. The normalized spacial score (nSPS) is 22.2. The van der Waals surface area contributed by atoms with Gasteiger partial charge in [0.2, 0.25) is 5.91 Å². The molecule has 2 amide bonds. The molecule has 3 saturated heterocycles. The van der Waals surface area contributed by atoms with E-state index >= 15 is 0 Å². The van der Waals surface area contributed by atoms with Gasteiger partial charge in [-0.3, -0.25) is 4.79 Å². The third-order valence-electron chi connectivity index (χ3n) is 10.3. The van der Waals surface area contributed by atoms with E-state index in [1.54, 1.807) is 4.90 Å². The van der Waals surface area contributed by atoms with Gasteiger partial charge >= 0.3 is 6.09 Å². The molecule has 3 heterocycles. The quantitative estimate of drug-likeness (QED) is 0.214. The molecule has 4 rings (SSSR count). The highest BCUT2D eigenvalue weighted by atomic mass is 19.1. The van der Waals surface area contributed by atoms with Crippen molar-refractivity contribution in [1.82, 2.24) is 14.7 Å². The van der Waals surface area contributed by atoms with E-state index in [-0.39, 0.29) is 35.9 Å². The van der Waals surface area contributed by atoms with Crippen molar-refractivity contribution < 1.29 is 38.1 Å². The number of aliphatic hydroxyl groups is 1. The number of piperazine rings is 2. The minimum atomic E-state index is -0.756. The van der Waals surface area contributed by atoms with Crippen LogP contribution in [0.2, 0.25) is 0 Å². The number of carbonyl (C=O) groups excluding carboxylic acids is 4. The van der Waals surface area contributed by atoms with Gasteiger partial charge in [0.15, 0.2) is 0 Å². The van der Waals surface area contributed by atoms with Crippen molar-refractivity contribution in [1.29, 1.82) is 0 Å². The maximum Gasteiger partial charge on any atom is 0.410 e. The minimum absolute atomic E-state index is 0.0546. The summed E-state index contributed by atoms with van der Waals surface area (Å²) in [6.45, 7) is 11.8. The lowest BCUT2D eigenvalue weighted by molar-refractivity contribution is -0.135. The van der Waals surface area contributed by atoms with E-state index in [9.17, 15) is 28.7 Å². The van der Waals surface area contributed by atoms with Gasteiger partial charge in [-0.2, -0.15) is 0 Å². The van der Waals surface area contributed by atoms with Gasteiger partial charge in [-0.05, 0) is 74.9 Å². The first-order valence-corrected chi connectivity index (χ1v) is 18.0. The third-order valence-corrected chi connectivity index (χ3v) is 10.3. The van der Waals surface area contributed by atoms with Crippen LogP contribution in [-0.4, -0.2) is 129 Å². The topological polar surface area (TPSA) is 120 Å². The molecule has 1 aromatic rings. The second kappa shape index (κ2) is 19.1. The summed E-state index contributed by atoms with van der Waals surface area (Å²) in [6, 6.07) is 4.86. The number of hydrogen-bond donors (Lipinski definition) is 1. The highest BCUT2D eigenvalue weighted by molar-refractivity contribution is 5.79. The summed E-state index contributed by atoms with van der Waals surface area (Å²) in [5.41, 5.74) is 2.13. The highest BCUT2D eigenvalue weighted by Gasteiger charge is 2.31. The van der Waals surface area contributed by atoms with Crippen molar-refractivity contribution in [3.05, 3.63) is 47.3 Å². The Labute approximate surface area is 296 Å². The summed E-state index contributed by atoms with van der Waals surface area (Å²) in [4.78, 5) is 57.0. The number of benzene rings is 1. The van der Waals surface area contributed by atoms with Crippen molar-refractivity contribution in [3.63, 3.8) is 0 Å². The van der Waals surface area contributed by atoms with Gasteiger partial charge in [0.25, 0.3) is 0 Å². The van der Waals surface area contributed by atoms with E-state index in [2.05, 4.69) is 9.80 Å². The monoisotopic (exact) mass is 698 g/mol. The Morgan fingerprint density at radius 2 is 1.70 bits per heavy atom. The van der Waals surface area contributed by atoms with Crippen LogP contribution in [0.15, 0.2) is 35.9 Å². The maximum absolute atomic E-state index is 14.9. The smallest absolute Gasteiger partial charge is 0.410 e. The van der Waals surface area contributed by atoms with Gasteiger partial charge < -0.3 is 43.8 Å². The van der Waals surface area contributed by atoms with Crippen molar-refractivity contribution in [2.24, 2.45) is 23.7 Å². The minimum Gasteiger partial charge on any atom is -0.442 e. The first-order chi connectivity index (χ1) is 24.0. The molecule has 1 aromatic carbocycles. The Morgan fingerprint density at radius 3 is 2.34 bits per heavy atom. The summed E-state index contributed by atoms with van der Waals surface area (Å²) in [7, 11) is 2.01. The van der Waals surface area contributed by atoms with Gasteiger partial charge in [0, 0.05) is 77.0 Å². The molecule has 3 fully saturated rings. The van der Waals surface area contributed by atoms with E-state index < -0.39 is 24.2 Å². The molecule has 0 unspecified atom stereocenters. The Balaban J connectivity index is 1.42. The van der Waals surface area contributed by atoms with Crippen molar-refractivity contribution in [2.75, 3.05) is 77.5 Å². The summed E-state index contributed by atoms with van der Waals surface area (Å²) in [5, 5.41) is 10.1. The summed E-state index contributed by atoms with van der Waals surface area (Å²) in [5.74, 6) is -1.23. The number of ether oxygens (including phenoxy) is 2. The number of nitrogens with zero attached hydrogens (tertiary/aromatic N) is 4. The average molecular weight is 699 g/mol. The SMILES string of the molecule is C/C(=C\c1cc(F)cc(N2CCN(C(=O)[C@H]3CCOC3)CC2)c1)[C@@H](C=O)[C@@H](C)/C=C/[C@H](OC(=O)N1CCN(C)CC1)[C@@H](C)CC[C@@H](O)CC=O. The fourth-order valence-electron chi connectivity index (χ4n) is 6.82. The van der Waals surface area contributed by atoms with Crippen LogP contribution < -0.4 is 4.90 Å². The summed E-state index contributed by atoms with van der Waals surface area (Å²) in [6.07, 6.45) is 7.10. The van der Waals surface area contributed by atoms with Gasteiger partial charge in [-0.1, -0.05) is 31.6 Å². The number of rotatable bonds is 15. The lowest BCUT2D eigenvalue weighted by atomic mass is 9.86. The Hall–Kier alpha value is -3.61. The molecular weight excluding hydrogens is 643 g/mol. The second-order valence-electron chi connectivity index (χ2n) is 14.2. The number of allylic oxidation sites excluding steroid dienone is 2. The number of carbonyl (C=O) groups is 4. The Kier molecular flexibility index (Phi) is 15.0. The van der Waals surface area contributed by atoms with Crippen molar-refractivity contribution in [3.8, 4) is 0 Å². The predicted molar refractivity (Wildman–Crippen MR) is 190 cm³/mol. The second-order valence-corrected chi connectivity index (χ2v) is 14.2. The molecule has 1 N–H and O–H groups in total. The number of likely N-dealkylation sites (N-methyl/N-ethyl adjacent to an activating group) is 1. The highest BCUT2D eigenvalue weighted by Crippen LogP contribution is 2.28. The number of aldehydes is 2. The number of amides is 2. The molecule has 0 radical (unpaired) electrons.